The van der Waals surface area contributed by atoms with Crippen molar-refractivity contribution in [2.45, 2.75) is 38.5 Å². The second-order valence-electron chi connectivity index (χ2n) is 5.55. The van der Waals surface area contributed by atoms with E-state index in [-0.39, 0.29) is 5.91 Å². The molecule has 1 saturated carbocycles. The smallest absolute Gasteiger partial charge is 0.224 e. The summed E-state index contributed by atoms with van der Waals surface area (Å²) in [5.74, 6) is 1.63. The minimum atomic E-state index is 0.0146. The lowest BCUT2D eigenvalue weighted by molar-refractivity contribution is -0.117. The van der Waals surface area contributed by atoms with Gasteiger partial charge in [-0.3, -0.25) is 4.79 Å². The molecular formula is C16H24N2O3. The Kier molecular flexibility index (Phi) is 5.31. The second kappa shape index (κ2) is 7.20. The fourth-order valence-electron chi connectivity index (χ4n) is 2.86. The molecule has 21 heavy (non-hydrogen) atoms. The molecule has 0 aliphatic heterocycles. The van der Waals surface area contributed by atoms with Gasteiger partial charge in [0.25, 0.3) is 0 Å². The van der Waals surface area contributed by atoms with Crippen LogP contribution in [0.1, 0.15) is 38.5 Å². The summed E-state index contributed by atoms with van der Waals surface area (Å²) in [5, 5.41) is 2.88. The van der Waals surface area contributed by atoms with E-state index >= 15 is 0 Å². The molecule has 3 N–H and O–H groups in total. The van der Waals surface area contributed by atoms with E-state index in [0.717, 1.165) is 12.8 Å². The number of hydrogen-bond donors (Lipinski definition) is 2. The lowest BCUT2D eigenvalue weighted by Gasteiger charge is -2.21. The van der Waals surface area contributed by atoms with E-state index in [4.69, 9.17) is 15.2 Å². The summed E-state index contributed by atoms with van der Waals surface area (Å²) < 4.78 is 10.4. The number of nitrogen functional groups attached to an aromatic ring is 1. The highest BCUT2D eigenvalue weighted by molar-refractivity contribution is 5.94. The van der Waals surface area contributed by atoms with Crippen LogP contribution in [0.4, 0.5) is 11.4 Å². The molecule has 1 amide bonds. The van der Waals surface area contributed by atoms with Crippen LogP contribution in [-0.4, -0.2) is 20.1 Å². The van der Waals surface area contributed by atoms with Crippen molar-refractivity contribution in [2.75, 3.05) is 25.3 Å². The fraction of sp³-hybridized carbons (Fsp3) is 0.562. The Bertz CT molecular complexity index is 497. The molecule has 1 aromatic rings. The number of ether oxygens (including phenoxy) is 2. The van der Waals surface area contributed by atoms with Gasteiger partial charge in [-0.05, 0) is 18.8 Å². The third kappa shape index (κ3) is 4.03. The van der Waals surface area contributed by atoms with Crippen molar-refractivity contribution >= 4 is 17.3 Å². The minimum Gasteiger partial charge on any atom is -0.493 e. The first-order valence-corrected chi connectivity index (χ1v) is 7.45. The molecule has 5 heteroatoms. The summed E-state index contributed by atoms with van der Waals surface area (Å²) in [7, 11) is 3.11. The fourth-order valence-corrected chi connectivity index (χ4v) is 2.86. The van der Waals surface area contributed by atoms with E-state index in [1.807, 2.05) is 0 Å². The van der Waals surface area contributed by atoms with Crippen LogP contribution in [-0.2, 0) is 4.79 Å². The highest BCUT2D eigenvalue weighted by Crippen LogP contribution is 2.35. The predicted molar refractivity (Wildman–Crippen MR) is 83.8 cm³/mol. The Balaban J connectivity index is 2.02. The summed E-state index contributed by atoms with van der Waals surface area (Å²) in [5.41, 5.74) is 7.01. The maximum absolute atomic E-state index is 12.1. The van der Waals surface area contributed by atoms with Gasteiger partial charge in [-0.2, -0.15) is 0 Å². The molecule has 0 atom stereocenters. The molecule has 1 fully saturated rings. The molecule has 5 nitrogen and oxygen atoms in total. The van der Waals surface area contributed by atoms with Gasteiger partial charge < -0.3 is 20.5 Å². The Hall–Kier alpha value is -1.91. The van der Waals surface area contributed by atoms with Crippen molar-refractivity contribution in [3.05, 3.63) is 12.1 Å². The lowest BCUT2D eigenvalue weighted by Crippen LogP contribution is -2.19. The van der Waals surface area contributed by atoms with Gasteiger partial charge >= 0.3 is 0 Å². The zero-order valence-electron chi connectivity index (χ0n) is 12.8. The third-order valence-electron chi connectivity index (χ3n) is 4.03. The van der Waals surface area contributed by atoms with Gasteiger partial charge in [0, 0.05) is 18.6 Å². The quantitative estimate of drug-likeness (QED) is 0.817. The summed E-state index contributed by atoms with van der Waals surface area (Å²) >= 11 is 0. The van der Waals surface area contributed by atoms with Crippen molar-refractivity contribution < 1.29 is 14.3 Å². The molecule has 0 radical (unpaired) electrons. The number of rotatable bonds is 5. The molecule has 116 valence electrons. The van der Waals surface area contributed by atoms with Gasteiger partial charge in [0.15, 0.2) is 11.5 Å². The number of anilines is 2. The number of nitrogens with one attached hydrogen (secondary N) is 1. The van der Waals surface area contributed by atoms with Crippen LogP contribution in [0.5, 0.6) is 11.5 Å². The van der Waals surface area contributed by atoms with Crippen molar-refractivity contribution in [1.82, 2.24) is 0 Å². The van der Waals surface area contributed by atoms with Crippen LogP contribution < -0.4 is 20.5 Å². The summed E-state index contributed by atoms with van der Waals surface area (Å²) in [4.78, 5) is 12.1. The van der Waals surface area contributed by atoms with E-state index in [1.54, 1.807) is 26.4 Å². The molecule has 0 unspecified atom stereocenters. The lowest BCUT2D eigenvalue weighted by atomic mass is 9.87. The number of amides is 1. The maximum Gasteiger partial charge on any atom is 0.224 e. The van der Waals surface area contributed by atoms with Crippen LogP contribution in [0.3, 0.4) is 0 Å². The van der Waals surface area contributed by atoms with E-state index in [1.165, 1.54) is 19.3 Å². The van der Waals surface area contributed by atoms with E-state index in [9.17, 15) is 4.79 Å². The molecule has 0 saturated heterocycles. The van der Waals surface area contributed by atoms with Crippen LogP contribution in [0, 0.1) is 5.92 Å². The monoisotopic (exact) mass is 292 g/mol. The third-order valence-corrected chi connectivity index (χ3v) is 4.03. The number of methoxy groups -OCH3 is 2. The zero-order chi connectivity index (χ0) is 15.2. The first-order chi connectivity index (χ1) is 10.1. The van der Waals surface area contributed by atoms with E-state index in [2.05, 4.69) is 5.32 Å². The summed E-state index contributed by atoms with van der Waals surface area (Å²) in [6, 6.07) is 3.36. The van der Waals surface area contributed by atoms with E-state index in [0.29, 0.717) is 35.2 Å². The van der Waals surface area contributed by atoms with Crippen molar-refractivity contribution in [1.29, 1.82) is 0 Å². The number of nitrogens with two attached hydrogens (primary N) is 1. The Morgan fingerprint density at radius 3 is 2.43 bits per heavy atom. The molecule has 0 bridgehead atoms. The highest BCUT2D eigenvalue weighted by atomic mass is 16.5. The average molecular weight is 292 g/mol. The predicted octanol–water partition coefficient (Wildman–Crippen LogP) is 3.19. The van der Waals surface area contributed by atoms with Gasteiger partial charge in [0.2, 0.25) is 5.91 Å². The topological polar surface area (TPSA) is 73.6 Å². The van der Waals surface area contributed by atoms with Crippen LogP contribution in [0.25, 0.3) is 0 Å². The molecule has 1 aliphatic rings. The van der Waals surface area contributed by atoms with Crippen LogP contribution in [0.2, 0.25) is 0 Å². The van der Waals surface area contributed by atoms with Crippen molar-refractivity contribution in [3.8, 4) is 11.5 Å². The first kappa shape index (κ1) is 15.5. The van der Waals surface area contributed by atoms with Gasteiger partial charge in [0.05, 0.1) is 25.6 Å². The zero-order valence-corrected chi connectivity index (χ0v) is 12.8. The van der Waals surface area contributed by atoms with E-state index < -0.39 is 0 Å². The maximum atomic E-state index is 12.1. The van der Waals surface area contributed by atoms with Gasteiger partial charge in [-0.1, -0.05) is 19.3 Å². The SMILES string of the molecule is COc1cc(N)c(NC(=O)CC2CCCCC2)cc1OC. The van der Waals surface area contributed by atoms with Gasteiger partial charge in [-0.15, -0.1) is 0 Å². The van der Waals surface area contributed by atoms with Crippen molar-refractivity contribution in [3.63, 3.8) is 0 Å². The standard InChI is InChI=1S/C16H24N2O3/c1-20-14-9-12(17)13(10-15(14)21-2)18-16(19)8-11-6-4-3-5-7-11/h9-11H,3-8,17H2,1-2H3,(H,18,19). The normalized spacial score (nSPS) is 15.5. The number of hydrogen-bond acceptors (Lipinski definition) is 4. The number of carbonyl (C=O) groups excluding carboxylic acids is 1. The molecule has 0 spiro atoms. The second-order valence-corrected chi connectivity index (χ2v) is 5.55. The van der Waals surface area contributed by atoms with Crippen LogP contribution >= 0.6 is 0 Å². The average Bonchev–Trinajstić information content (AvgIpc) is 2.49. The molecule has 0 aromatic heterocycles. The molecule has 1 aromatic carbocycles. The largest absolute Gasteiger partial charge is 0.493 e. The Labute approximate surface area is 125 Å². The number of benzene rings is 1. The minimum absolute atomic E-state index is 0.0146. The molecule has 2 rings (SSSR count). The van der Waals surface area contributed by atoms with Gasteiger partial charge in [-0.25, -0.2) is 0 Å². The Morgan fingerprint density at radius 1 is 1.19 bits per heavy atom. The summed E-state index contributed by atoms with van der Waals surface area (Å²) in [6.45, 7) is 0. The van der Waals surface area contributed by atoms with Crippen molar-refractivity contribution in [2.24, 2.45) is 5.92 Å². The molecular weight excluding hydrogens is 268 g/mol. The van der Waals surface area contributed by atoms with Gasteiger partial charge in [0.1, 0.15) is 0 Å². The Morgan fingerprint density at radius 2 is 1.81 bits per heavy atom. The highest BCUT2D eigenvalue weighted by Gasteiger charge is 2.18. The first-order valence-electron chi connectivity index (χ1n) is 7.45. The van der Waals surface area contributed by atoms with Crippen LogP contribution in [0.15, 0.2) is 12.1 Å². The molecule has 1 aliphatic carbocycles. The molecule has 0 heterocycles. The number of carbonyl (C=O) groups is 1. The summed E-state index contributed by atoms with van der Waals surface area (Å²) in [6.07, 6.45) is 6.62.